The molecule has 5 heteroatoms. The summed E-state index contributed by atoms with van der Waals surface area (Å²) in [7, 11) is 0. The van der Waals surface area contributed by atoms with Gasteiger partial charge in [-0.2, -0.15) is 0 Å². The summed E-state index contributed by atoms with van der Waals surface area (Å²) in [6.07, 6.45) is 3.42. The van der Waals surface area contributed by atoms with E-state index in [-0.39, 0.29) is 12.2 Å². The van der Waals surface area contributed by atoms with Crippen molar-refractivity contribution < 1.29 is 4.74 Å². The molecule has 3 rings (SSSR count). The van der Waals surface area contributed by atoms with Crippen LogP contribution >= 0.6 is 34.8 Å². The summed E-state index contributed by atoms with van der Waals surface area (Å²) >= 11 is 18.5. The second-order valence-corrected chi connectivity index (χ2v) is 10.3. The van der Waals surface area contributed by atoms with E-state index in [1.54, 1.807) is 0 Å². The Morgan fingerprint density at radius 1 is 1.11 bits per heavy atom. The van der Waals surface area contributed by atoms with Crippen molar-refractivity contribution >= 4 is 54.2 Å². The Bertz CT molecular complexity index is 434. The minimum atomic E-state index is -1.28. The van der Waals surface area contributed by atoms with E-state index < -0.39 is 3.79 Å². The van der Waals surface area contributed by atoms with E-state index in [4.69, 9.17) is 39.5 Å². The van der Waals surface area contributed by atoms with Crippen LogP contribution in [0.4, 0.5) is 0 Å². The summed E-state index contributed by atoms with van der Waals surface area (Å²) in [4.78, 5) is 0.614. The van der Waals surface area contributed by atoms with Crippen LogP contribution in [0.5, 0.6) is 0 Å². The number of hydrogen-bond donors (Lipinski definition) is 0. The normalized spacial score (nSPS) is 34.5. The van der Waals surface area contributed by atoms with Crippen LogP contribution in [0.15, 0.2) is 30.3 Å². The number of ether oxygens (including phenoxy) is 1. The van der Waals surface area contributed by atoms with Gasteiger partial charge in [0.1, 0.15) is 0 Å². The Morgan fingerprint density at radius 3 is 2.53 bits per heavy atom. The molecule has 1 saturated heterocycles. The fraction of sp³-hybridized carbons (Fsp3) is 0.571. The van der Waals surface area contributed by atoms with Crippen molar-refractivity contribution in [2.75, 3.05) is 0 Å². The molecule has 19 heavy (non-hydrogen) atoms. The summed E-state index contributed by atoms with van der Waals surface area (Å²) in [6.45, 7) is 0. The van der Waals surface area contributed by atoms with Crippen molar-refractivity contribution in [3.05, 3.63) is 30.3 Å². The number of alkyl halides is 3. The number of rotatable bonds is 2. The van der Waals surface area contributed by atoms with Crippen molar-refractivity contribution in [3.63, 3.8) is 0 Å². The second-order valence-electron chi connectivity index (χ2n) is 5.18. The molecule has 2 aliphatic rings. The fourth-order valence-electron chi connectivity index (χ4n) is 3.00. The predicted octanol–water partition coefficient (Wildman–Crippen LogP) is 3.74. The summed E-state index contributed by atoms with van der Waals surface area (Å²) < 4.78 is 6.20. The average Bonchev–Trinajstić information content (AvgIpc) is 2.73. The average molecular weight is 385 g/mol. The molecule has 2 bridgehead atoms. The number of hydrogen-bond acceptors (Lipinski definition) is 1. The third-order valence-electron chi connectivity index (χ3n) is 3.87. The molecule has 1 nitrogen and oxygen atoms in total. The molecular weight excluding hydrogens is 369 g/mol. The summed E-state index contributed by atoms with van der Waals surface area (Å²) in [5.41, 5.74) is 0. The first-order valence-electron chi connectivity index (χ1n) is 6.48. The first-order valence-corrected chi connectivity index (χ1v) is 9.46. The number of halogens is 3. The first-order chi connectivity index (χ1) is 9.04. The molecule has 0 spiro atoms. The SMILES string of the molecule is ClC(Cl)(Cl)[C@H]1O[C@@H]2C[C@H]1CC[C@H]2[Se]c1ccccc1. The van der Waals surface area contributed by atoms with Gasteiger partial charge in [-0.15, -0.1) is 0 Å². The first kappa shape index (κ1) is 14.5. The van der Waals surface area contributed by atoms with Crippen LogP contribution in [-0.2, 0) is 4.74 Å². The van der Waals surface area contributed by atoms with Gasteiger partial charge < -0.3 is 0 Å². The van der Waals surface area contributed by atoms with E-state index in [1.165, 1.54) is 10.9 Å². The maximum atomic E-state index is 6.05. The van der Waals surface area contributed by atoms with Crippen LogP contribution in [0.2, 0.25) is 4.82 Å². The standard InChI is InChI=1S/C14H15Cl3OSe/c15-14(16,17)13-9-6-7-12(11(8-9)18-13)19-10-4-2-1-3-5-10/h1-5,9,11-13H,6-8H2/t9-,11-,12-,13+/m1/s1. The van der Waals surface area contributed by atoms with E-state index in [0.29, 0.717) is 25.7 Å². The molecule has 1 aromatic carbocycles. The Balaban J connectivity index is 1.68. The Labute approximate surface area is 135 Å². The van der Waals surface area contributed by atoms with Crippen LogP contribution in [0.25, 0.3) is 0 Å². The van der Waals surface area contributed by atoms with Crippen LogP contribution in [0.1, 0.15) is 19.3 Å². The fourth-order valence-corrected chi connectivity index (χ4v) is 6.30. The third-order valence-corrected chi connectivity index (χ3v) is 7.43. The van der Waals surface area contributed by atoms with Crippen molar-refractivity contribution in [1.29, 1.82) is 0 Å². The van der Waals surface area contributed by atoms with Crippen molar-refractivity contribution in [2.45, 2.75) is 40.1 Å². The number of fused-ring (bicyclic) bond motifs is 2. The Kier molecular flexibility index (Phi) is 4.39. The van der Waals surface area contributed by atoms with E-state index in [1.807, 2.05) is 0 Å². The second kappa shape index (κ2) is 5.75. The van der Waals surface area contributed by atoms with E-state index in [9.17, 15) is 0 Å². The molecule has 0 aromatic heterocycles. The molecule has 0 amide bonds. The van der Waals surface area contributed by atoms with Gasteiger partial charge >= 0.3 is 135 Å². The molecule has 0 unspecified atom stereocenters. The molecule has 0 radical (unpaired) electrons. The van der Waals surface area contributed by atoms with Gasteiger partial charge in [-0.1, -0.05) is 0 Å². The Hall–Kier alpha value is 0.569. The maximum absolute atomic E-state index is 6.05. The van der Waals surface area contributed by atoms with Crippen molar-refractivity contribution in [2.24, 2.45) is 5.92 Å². The van der Waals surface area contributed by atoms with Gasteiger partial charge in [0.25, 0.3) is 0 Å². The van der Waals surface area contributed by atoms with Crippen LogP contribution in [-0.4, -0.2) is 31.0 Å². The van der Waals surface area contributed by atoms with Gasteiger partial charge in [0.15, 0.2) is 0 Å². The van der Waals surface area contributed by atoms with Gasteiger partial charge in [0.2, 0.25) is 0 Å². The molecule has 0 N–H and O–H groups in total. The topological polar surface area (TPSA) is 9.23 Å². The third kappa shape index (κ3) is 3.26. The summed E-state index contributed by atoms with van der Waals surface area (Å²) in [5, 5.41) is 0. The predicted molar refractivity (Wildman–Crippen MR) is 81.9 cm³/mol. The van der Waals surface area contributed by atoms with E-state index >= 15 is 0 Å². The van der Waals surface area contributed by atoms with Gasteiger partial charge in [-0.25, -0.2) is 0 Å². The van der Waals surface area contributed by atoms with E-state index in [2.05, 4.69) is 30.3 Å². The molecule has 1 aliphatic carbocycles. The molecule has 1 aliphatic heterocycles. The van der Waals surface area contributed by atoms with Crippen molar-refractivity contribution in [1.82, 2.24) is 0 Å². The summed E-state index contributed by atoms with van der Waals surface area (Å²) in [5.74, 6) is 0.417. The molecule has 1 saturated carbocycles. The van der Waals surface area contributed by atoms with Crippen LogP contribution in [0.3, 0.4) is 0 Å². The number of benzene rings is 1. The van der Waals surface area contributed by atoms with Gasteiger partial charge in [0.05, 0.1) is 0 Å². The monoisotopic (exact) mass is 384 g/mol. The summed E-state index contributed by atoms with van der Waals surface area (Å²) in [6, 6.07) is 10.7. The Morgan fingerprint density at radius 2 is 1.84 bits per heavy atom. The molecular formula is C14H15Cl3OSe. The quantitative estimate of drug-likeness (QED) is 0.557. The zero-order valence-corrected chi connectivity index (χ0v) is 14.2. The van der Waals surface area contributed by atoms with Gasteiger partial charge in [0, 0.05) is 0 Å². The molecule has 4 atom stereocenters. The zero-order chi connectivity index (χ0) is 13.5. The molecule has 2 fully saturated rings. The van der Waals surface area contributed by atoms with Gasteiger partial charge in [-0.3, -0.25) is 0 Å². The molecule has 104 valence electrons. The van der Waals surface area contributed by atoms with Gasteiger partial charge in [-0.05, 0) is 0 Å². The zero-order valence-electron chi connectivity index (χ0n) is 10.3. The minimum absolute atomic E-state index is 0.223. The van der Waals surface area contributed by atoms with E-state index in [0.717, 1.165) is 12.8 Å². The molecule has 1 heterocycles. The molecule has 1 aromatic rings. The van der Waals surface area contributed by atoms with Crippen LogP contribution in [0, 0.1) is 5.92 Å². The van der Waals surface area contributed by atoms with Crippen LogP contribution < -0.4 is 4.46 Å². The van der Waals surface area contributed by atoms with Crippen molar-refractivity contribution in [3.8, 4) is 0 Å².